The van der Waals surface area contributed by atoms with Crippen molar-refractivity contribution in [3.8, 4) is 6.07 Å². The predicted octanol–water partition coefficient (Wildman–Crippen LogP) is 6.93. The SMILES string of the molecule is CC(C)(C)C[C@@H]1N[C@@H](C(=O)Nc2ccccc2C(=O)O)[C@H](c2cccc(Cl)c2F)[C@@]1(C#N)c1ccc(Cl)cc1F. The van der Waals surface area contributed by atoms with Gasteiger partial charge < -0.3 is 15.7 Å². The van der Waals surface area contributed by atoms with Gasteiger partial charge in [-0.3, -0.25) is 4.79 Å². The number of amides is 1. The zero-order valence-corrected chi connectivity index (χ0v) is 23.4. The van der Waals surface area contributed by atoms with Crippen LogP contribution in [0.25, 0.3) is 0 Å². The summed E-state index contributed by atoms with van der Waals surface area (Å²) in [7, 11) is 0. The van der Waals surface area contributed by atoms with E-state index in [-0.39, 0.29) is 32.4 Å². The number of anilines is 1. The van der Waals surface area contributed by atoms with Crippen molar-refractivity contribution in [2.24, 2.45) is 5.41 Å². The van der Waals surface area contributed by atoms with Crippen molar-refractivity contribution in [1.29, 1.82) is 5.26 Å². The van der Waals surface area contributed by atoms with E-state index in [1.165, 1.54) is 48.5 Å². The van der Waals surface area contributed by atoms with Crippen molar-refractivity contribution in [2.45, 2.75) is 50.6 Å². The molecule has 208 valence electrons. The lowest BCUT2D eigenvalue weighted by atomic mass is 9.62. The fourth-order valence-corrected chi connectivity index (χ4v) is 5.89. The molecular weight excluding hydrogens is 559 g/mol. The average Bonchev–Trinajstić information content (AvgIpc) is 3.19. The van der Waals surface area contributed by atoms with Crippen molar-refractivity contribution >= 4 is 40.8 Å². The molecule has 3 N–H and O–H groups in total. The molecule has 1 aliphatic rings. The lowest BCUT2D eigenvalue weighted by Crippen LogP contribution is -2.45. The second-order valence-electron chi connectivity index (χ2n) is 11.0. The number of halogens is 4. The highest BCUT2D eigenvalue weighted by atomic mass is 35.5. The molecule has 0 saturated carbocycles. The van der Waals surface area contributed by atoms with E-state index < -0.39 is 52.3 Å². The molecule has 0 radical (unpaired) electrons. The van der Waals surface area contributed by atoms with Crippen molar-refractivity contribution in [1.82, 2.24) is 5.32 Å². The number of nitriles is 1. The van der Waals surface area contributed by atoms with Crippen LogP contribution in [0.2, 0.25) is 10.0 Å². The van der Waals surface area contributed by atoms with Gasteiger partial charge in [-0.2, -0.15) is 5.26 Å². The topological polar surface area (TPSA) is 102 Å². The molecule has 1 amide bonds. The van der Waals surface area contributed by atoms with Gasteiger partial charge in [-0.05, 0) is 47.7 Å². The summed E-state index contributed by atoms with van der Waals surface area (Å²) in [6, 6.07) is 14.1. The van der Waals surface area contributed by atoms with E-state index >= 15 is 8.78 Å². The van der Waals surface area contributed by atoms with Crippen LogP contribution in [0.1, 0.15) is 54.6 Å². The zero-order chi connectivity index (χ0) is 29.4. The molecule has 0 bridgehead atoms. The third-order valence-electron chi connectivity index (χ3n) is 7.15. The monoisotopic (exact) mass is 585 g/mol. The minimum absolute atomic E-state index is 0.0200. The van der Waals surface area contributed by atoms with Crippen LogP contribution in [-0.2, 0) is 10.2 Å². The van der Waals surface area contributed by atoms with E-state index in [1.54, 1.807) is 6.07 Å². The summed E-state index contributed by atoms with van der Waals surface area (Å²) < 4.78 is 31.4. The van der Waals surface area contributed by atoms with Gasteiger partial charge in [0.05, 0.1) is 28.4 Å². The number of hydrogen-bond acceptors (Lipinski definition) is 4. The van der Waals surface area contributed by atoms with Gasteiger partial charge in [0, 0.05) is 22.5 Å². The Bertz CT molecular complexity index is 1520. The lowest BCUT2D eigenvalue weighted by molar-refractivity contribution is -0.118. The molecule has 1 aliphatic heterocycles. The van der Waals surface area contributed by atoms with Crippen molar-refractivity contribution in [3.05, 3.63) is 99.0 Å². The first-order valence-electron chi connectivity index (χ1n) is 12.5. The van der Waals surface area contributed by atoms with Crippen molar-refractivity contribution < 1.29 is 23.5 Å². The van der Waals surface area contributed by atoms with Gasteiger partial charge in [0.15, 0.2) is 0 Å². The molecule has 0 spiro atoms. The Balaban J connectivity index is 1.98. The van der Waals surface area contributed by atoms with E-state index in [0.29, 0.717) is 6.42 Å². The predicted molar refractivity (Wildman–Crippen MR) is 150 cm³/mol. The maximum atomic E-state index is 15.7. The van der Waals surface area contributed by atoms with Gasteiger partial charge in [0.1, 0.15) is 17.0 Å². The molecule has 1 fully saturated rings. The summed E-state index contributed by atoms with van der Waals surface area (Å²) in [4.78, 5) is 25.7. The second kappa shape index (κ2) is 11.2. The van der Waals surface area contributed by atoms with Gasteiger partial charge in [-0.25, -0.2) is 13.6 Å². The van der Waals surface area contributed by atoms with E-state index in [4.69, 9.17) is 23.2 Å². The van der Waals surface area contributed by atoms with Crippen molar-refractivity contribution in [2.75, 3.05) is 5.32 Å². The summed E-state index contributed by atoms with van der Waals surface area (Å²) in [5.41, 5.74) is -2.43. The van der Waals surface area contributed by atoms with Crippen LogP contribution < -0.4 is 10.6 Å². The number of rotatable bonds is 6. The highest BCUT2D eigenvalue weighted by Crippen LogP contribution is 2.52. The summed E-state index contributed by atoms with van der Waals surface area (Å²) in [5, 5.41) is 26.2. The third kappa shape index (κ3) is 5.42. The Kier molecular flexibility index (Phi) is 8.23. The quantitative estimate of drug-likeness (QED) is 0.291. The van der Waals surface area contributed by atoms with E-state index in [0.717, 1.165) is 6.07 Å². The molecule has 3 aromatic carbocycles. The molecule has 4 atom stereocenters. The van der Waals surface area contributed by atoms with Gasteiger partial charge in [0.25, 0.3) is 0 Å². The summed E-state index contributed by atoms with van der Waals surface area (Å²) in [6.45, 7) is 5.79. The summed E-state index contributed by atoms with van der Waals surface area (Å²) >= 11 is 12.2. The first-order valence-corrected chi connectivity index (χ1v) is 13.3. The number of para-hydroxylation sites is 1. The third-order valence-corrected chi connectivity index (χ3v) is 7.67. The Labute approximate surface area is 240 Å². The number of carbonyl (C=O) groups is 2. The smallest absolute Gasteiger partial charge is 0.337 e. The van der Waals surface area contributed by atoms with Gasteiger partial charge >= 0.3 is 5.97 Å². The lowest BCUT2D eigenvalue weighted by Gasteiger charge is -2.37. The number of aromatic carboxylic acids is 1. The highest BCUT2D eigenvalue weighted by molar-refractivity contribution is 6.31. The maximum Gasteiger partial charge on any atom is 0.337 e. The minimum atomic E-state index is -1.79. The first kappa shape index (κ1) is 29.5. The van der Waals surface area contributed by atoms with Gasteiger partial charge in [0.2, 0.25) is 5.91 Å². The number of nitrogens with one attached hydrogen (secondary N) is 2. The van der Waals surface area contributed by atoms with E-state index in [9.17, 15) is 20.0 Å². The minimum Gasteiger partial charge on any atom is -0.478 e. The average molecular weight is 586 g/mol. The molecule has 3 aromatic rings. The summed E-state index contributed by atoms with van der Waals surface area (Å²) in [5.74, 6) is -4.86. The molecule has 10 heteroatoms. The van der Waals surface area contributed by atoms with Gasteiger partial charge in [-0.15, -0.1) is 0 Å². The number of nitrogens with zero attached hydrogens (tertiary/aromatic N) is 1. The Morgan fingerprint density at radius 1 is 1.10 bits per heavy atom. The number of carbonyl (C=O) groups excluding carboxylic acids is 1. The van der Waals surface area contributed by atoms with E-state index in [2.05, 4.69) is 16.7 Å². The van der Waals surface area contributed by atoms with Crippen LogP contribution in [0, 0.1) is 28.4 Å². The molecule has 6 nitrogen and oxygen atoms in total. The largest absolute Gasteiger partial charge is 0.478 e. The molecule has 40 heavy (non-hydrogen) atoms. The van der Waals surface area contributed by atoms with Crippen LogP contribution in [0.3, 0.4) is 0 Å². The van der Waals surface area contributed by atoms with Crippen LogP contribution in [0.5, 0.6) is 0 Å². The Morgan fingerprint density at radius 2 is 1.80 bits per heavy atom. The highest BCUT2D eigenvalue weighted by Gasteiger charge is 2.61. The van der Waals surface area contributed by atoms with Gasteiger partial charge in [-0.1, -0.05) is 74.3 Å². The molecule has 0 aromatic heterocycles. The van der Waals surface area contributed by atoms with E-state index in [1.807, 2.05) is 20.8 Å². The fourth-order valence-electron chi connectivity index (χ4n) is 5.55. The fraction of sp³-hybridized carbons (Fsp3) is 0.300. The molecule has 4 rings (SSSR count). The number of benzene rings is 3. The molecular formula is C30H27Cl2F2N3O3. The number of carboxylic acid groups (broad SMARTS) is 1. The summed E-state index contributed by atoms with van der Waals surface area (Å²) in [6.07, 6.45) is 0.302. The zero-order valence-electron chi connectivity index (χ0n) is 21.9. The molecule has 1 heterocycles. The Hall–Kier alpha value is -3.51. The molecule has 0 aliphatic carbocycles. The number of carboxylic acids is 1. The molecule has 1 saturated heterocycles. The van der Waals surface area contributed by atoms with Crippen LogP contribution in [-0.4, -0.2) is 29.1 Å². The Morgan fingerprint density at radius 3 is 2.42 bits per heavy atom. The van der Waals surface area contributed by atoms with Crippen LogP contribution in [0.4, 0.5) is 14.5 Å². The second-order valence-corrected chi connectivity index (χ2v) is 11.9. The standard InChI is InChI=1S/C30H27Cl2F2N3O3/c1-29(2,3)14-23-30(15-35,19-12-11-16(31)13-21(19)33)24(18-8-6-9-20(32)25(18)34)26(37-23)27(38)36-22-10-5-4-7-17(22)28(39)40/h4-13,23-24,26,37H,14H2,1-3H3,(H,36,38)(H,39,40)/t23-,24-,26+,30-/m0/s1. The normalized spacial score (nSPS) is 22.5. The van der Waals surface area contributed by atoms with Crippen LogP contribution >= 0.6 is 23.2 Å². The number of hydrogen-bond donors (Lipinski definition) is 3. The van der Waals surface area contributed by atoms with Crippen LogP contribution in [0.15, 0.2) is 60.7 Å². The maximum absolute atomic E-state index is 15.7. The van der Waals surface area contributed by atoms with Crippen molar-refractivity contribution in [3.63, 3.8) is 0 Å². The first-order chi connectivity index (χ1) is 18.8. The molecule has 0 unspecified atom stereocenters.